The molecule has 0 unspecified atom stereocenters. The maximum absolute atomic E-state index is 12.7. The van der Waals surface area contributed by atoms with Gasteiger partial charge >= 0.3 is 5.97 Å². The summed E-state index contributed by atoms with van der Waals surface area (Å²) in [5, 5.41) is 9.64. The lowest BCUT2D eigenvalue weighted by molar-refractivity contribution is 0.0696. The summed E-state index contributed by atoms with van der Waals surface area (Å²) in [6.07, 6.45) is 1.13. The maximum atomic E-state index is 12.7. The number of aryl methyl sites for hydroxylation is 1. The van der Waals surface area contributed by atoms with Crippen LogP contribution in [-0.4, -0.2) is 16.1 Å². The minimum absolute atomic E-state index is 0.266. The fraction of sp³-hybridized carbons (Fsp3) is 0.0769. The second kappa shape index (κ2) is 5.18. The number of nitrogens with zero attached hydrogens (tertiary/aromatic N) is 1. The smallest absolute Gasteiger partial charge is 0.335 e. The molecule has 1 aromatic carbocycles. The first-order valence-corrected chi connectivity index (χ1v) is 6.01. The molecule has 0 aliphatic rings. The molecule has 2 aromatic rings. The molecular weight excluding hydrogens is 253 g/mol. The third-order valence-corrected chi connectivity index (χ3v) is 3.30. The Labute approximate surface area is 108 Å². The van der Waals surface area contributed by atoms with Crippen molar-refractivity contribution in [3.05, 3.63) is 53.5 Å². The van der Waals surface area contributed by atoms with Crippen molar-refractivity contribution in [3.63, 3.8) is 0 Å². The van der Waals surface area contributed by atoms with E-state index in [-0.39, 0.29) is 5.56 Å². The average Bonchev–Trinajstić information content (AvgIpc) is 2.34. The van der Waals surface area contributed by atoms with Crippen molar-refractivity contribution >= 4 is 17.7 Å². The van der Waals surface area contributed by atoms with Crippen LogP contribution in [0.25, 0.3) is 0 Å². The van der Waals surface area contributed by atoms with Crippen LogP contribution in [0.3, 0.4) is 0 Å². The van der Waals surface area contributed by atoms with Crippen LogP contribution in [0.4, 0.5) is 4.39 Å². The highest BCUT2D eigenvalue weighted by Gasteiger charge is 2.08. The second-order valence-electron chi connectivity index (χ2n) is 3.70. The van der Waals surface area contributed by atoms with Crippen LogP contribution in [0.15, 0.2) is 46.5 Å². The van der Waals surface area contributed by atoms with E-state index in [4.69, 9.17) is 5.11 Å². The molecule has 0 saturated heterocycles. The summed E-state index contributed by atoms with van der Waals surface area (Å²) in [5.74, 6) is -1.35. The molecular formula is C13H10FNO2S. The topological polar surface area (TPSA) is 50.2 Å². The summed E-state index contributed by atoms with van der Waals surface area (Å²) in [5.41, 5.74) is 0.973. The van der Waals surface area contributed by atoms with Gasteiger partial charge in [0, 0.05) is 4.90 Å². The third-order valence-electron chi connectivity index (χ3n) is 2.36. The fourth-order valence-electron chi connectivity index (χ4n) is 1.44. The Kier molecular flexibility index (Phi) is 3.62. The SMILES string of the molecule is Cc1ccc(Sc2ccc(F)cn2)cc1C(=O)O. The van der Waals surface area contributed by atoms with Crippen LogP contribution in [-0.2, 0) is 0 Å². The zero-order valence-electron chi connectivity index (χ0n) is 9.55. The van der Waals surface area contributed by atoms with Crippen molar-refractivity contribution in [2.24, 2.45) is 0 Å². The molecule has 92 valence electrons. The number of carboxylic acids is 1. The van der Waals surface area contributed by atoms with Crippen molar-refractivity contribution in [1.29, 1.82) is 0 Å². The Morgan fingerprint density at radius 1 is 1.33 bits per heavy atom. The number of hydrogen-bond donors (Lipinski definition) is 1. The number of rotatable bonds is 3. The standard InChI is InChI=1S/C13H10FNO2S/c1-8-2-4-10(6-11(8)13(16)17)18-12-5-3-9(14)7-15-12/h2-7H,1H3,(H,16,17). The Hall–Kier alpha value is -1.88. The van der Waals surface area contributed by atoms with Gasteiger partial charge in [0.05, 0.1) is 11.8 Å². The van der Waals surface area contributed by atoms with Crippen LogP contribution < -0.4 is 0 Å². The van der Waals surface area contributed by atoms with Crippen LogP contribution >= 0.6 is 11.8 Å². The molecule has 0 atom stereocenters. The van der Waals surface area contributed by atoms with Gasteiger partial charge < -0.3 is 5.11 Å². The lowest BCUT2D eigenvalue weighted by Crippen LogP contribution is -1.99. The highest BCUT2D eigenvalue weighted by atomic mass is 32.2. The summed E-state index contributed by atoms with van der Waals surface area (Å²) in [4.78, 5) is 15.7. The molecule has 0 spiro atoms. The van der Waals surface area contributed by atoms with Gasteiger partial charge in [-0.3, -0.25) is 0 Å². The first kappa shape index (κ1) is 12.6. The van der Waals surface area contributed by atoms with Crippen LogP contribution in [0.2, 0.25) is 0 Å². The summed E-state index contributed by atoms with van der Waals surface area (Å²) in [6.45, 7) is 1.74. The van der Waals surface area contributed by atoms with E-state index < -0.39 is 11.8 Å². The molecule has 0 aliphatic heterocycles. The average molecular weight is 263 g/mol. The van der Waals surface area contributed by atoms with Crippen molar-refractivity contribution in [1.82, 2.24) is 4.98 Å². The molecule has 1 aromatic heterocycles. The molecule has 0 amide bonds. The molecule has 0 fully saturated rings. The second-order valence-corrected chi connectivity index (χ2v) is 4.79. The number of pyridine rings is 1. The molecule has 1 heterocycles. The molecule has 0 radical (unpaired) electrons. The lowest BCUT2D eigenvalue weighted by Gasteiger charge is -2.04. The van der Waals surface area contributed by atoms with Crippen molar-refractivity contribution < 1.29 is 14.3 Å². The lowest BCUT2D eigenvalue weighted by atomic mass is 10.1. The quantitative estimate of drug-likeness (QED) is 0.922. The molecule has 18 heavy (non-hydrogen) atoms. The first-order valence-electron chi connectivity index (χ1n) is 5.19. The van der Waals surface area contributed by atoms with E-state index in [0.717, 1.165) is 11.1 Å². The number of carboxylic acid groups (broad SMARTS) is 1. The van der Waals surface area contributed by atoms with E-state index >= 15 is 0 Å². The number of aromatic carboxylic acids is 1. The van der Waals surface area contributed by atoms with Crippen LogP contribution in [0.5, 0.6) is 0 Å². The molecule has 0 saturated carbocycles. The molecule has 3 nitrogen and oxygen atoms in total. The largest absolute Gasteiger partial charge is 0.478 e. The van der Waals surface area contributed by atoms with Crippen LogP contribution in [0, 0.1) is 12.7 Å². The maximum Gasteiger partial charge on any atom is 0.335 e. The molecule has 5 heteroatoms. The third kappa shape index (κ3) is 2.87. The van der Waals surface area contributed by atoms with E-state index in [2.05, 4.69) is 4.98 Å². The van der Waals surface area contributed by atoms with E-state index in [0.29, 0.717) is 10.6 Å². The summed E-state index contributed by atoms with van der Waals surface area (Å²) < 4.78 is 12.7. The van der Waals surface area contributed by atoms with E-state index in [1.54, 1.807) is 25.1 Å². The van der Waals surface area contributed by atoms with Gasteiger partial charge in [0.1, 0.15) is 10.8 Å². The van der Waals surface area contributed by atoms with Gasteiger partial charge in [-0.15, -0.1) is 0 Å². The van der Waals surface area contributed by atoms with Crippen LogP contribution in [0.1, 0.15) is 15.9 Å². The van der Waals surface area contributed by atoms with Crippen molar-refractivity contribution in [3.8, 4) is 0 Å². The molecule has 0 bridgehead atoms. The van der Waals surface area contributed by atoms with Gasteiger partial charge in [-0.1, -0.05) is 17.8 Å². The Bertz CT molecular complexity index is 584. The summed E-state index contributed by atoms with van der Waals surface area (Å²) in [6, 6.07) is 8.03. The zero-order chi connectivity index (χ0) is 13.1. The Balaban J connectivity index is 2.27. The van der Waals surface area contributed by atoms with Crippen molar-refractivity contribution in [2.75, 3.05) is 0 Å². The number of halogens is 1. The van der Waals surface area contributed by atoms with Gasteiger partial charge in [0.15, 0.2) is 0 Å². The number of hydrogen-bond acceptors (Lipinski definition) is 3. The minimum Gasteiger partial charge on any atom is -0.478 e. The molecule has 0 aliphatic carbocycles. The van der Waals surface area contributed by atoms with Gasteiger partial charge in [0.25, 0.3) is 0 Å². The van der Waals surface area contributed by atoms with Gasteiger partial charge in [-0.2, -0.15) is 0 Å². The summed E-state index contributed by atoms with van der Waals surface area (Å²) >= 11 is 1.30. The van der Waals surface area contributed by atoms with E-state index in [1.807, 2.05) is 6.07 Å². The van der Waals surface area contributed by atoms with Gasteiger partial charge in [-0.05, 0) is 36.8 Å². The highest BCUT2D eigenvalue weighted by Crippen LogP contribution is 2.27. The Morgan fingerprint density at radius 2 is 2.11 bits per heavy atom. The number of carbonyl (C=O) groups is 1. The number of benzene rings is 1. The predicted octanol–water partition coefficient (Wildman–Crippen LogP) is 3.38. The van der Waals surface area contributed by atoms with Crippen molar-refractivity contribution in [2.45, 2.75) is 16.8 Å². The fourth-order valence-corrected chi connectivity index (χ4v) is 2.23. The minimum atomic E-state index is -0.956. The van der Waals surface area contributed by atoms with E-state index in [1.165, 1.54) is 17.8 Å². The van der Waals surface area contributed by atoms with Gasteiger partial charge in [-0.25, -0.2) is 14.2 Å². The zero-order valence-corrected chi connectivity index (χ0v) is 10.4. The predicted molar refractivity (Wildman–Crippen MR) is 66.5 cm³/mol. The van der Waals surface area contributed by atoms with E-state index in [9.17, 15) is 9.18 Å². The van der Waals surface area contributed by atoms with Gasteiger partial charge in [0.2, 0.25) is 0 Å². The monoisotopic (exact) mass is 263 g/mol. The first-order chi connectivity index (χ1) is 8.56. The highest BCUT2D eigenvalue weighted by molar-refractivity contribution is 7.99. The normalized spacial score (nSPS) is 10.3. The molecule has 1 N–H and O–H groups in total. The molecule has 2 rings (SSSR count). The Morgan fingerprint density at radius 3 is 2.72 bits per heavy atom. The summed E-state index contributed by atoms with van der Waals surface area (Å²) in [7, 11) is 0. The number of aromatic nitrogens is 1.